The lowest BCUT2D eigenvalue weighted by Crippen LogP contribution is -2.39. The van der Waals surface area contributed by atoms with Crippen molar-refractivity contribution in [1.82, 2.24) is 24.5 Å². The molecule has 41 heavy (non-hydrogen) atoms. The van der Waals surface area contributed by atoms with E-state index in [1.165, 1.54) is 13.2 Å². The first-order valence-electron chi connectivity index (χ1n) is 13.8. The van der Waals surface area contributed by atoms with Crippen LogP contribution >= 0.6 is 0 Å². The number of anilines is 1. The van der Waals surface area contributed by atoms with Gasteiger partial charge >= 0.3 is 6.09 Å². The Kier molecular flexibility index (Phi) is 8.55. The Morgan fingerprint density at radius 2 is 1.93 bits per heavy atom. The Morgan fingerprint density at radius 3 is 2.68 bits per heavy atom. The van der Waals surface area contributed by atoms with Crippen molar-refractivity contribution in [3.05, 3.63) is 47.5 Å². The maximum absolute atomic E-state index is 14.8. The van der Waals surface area contributed by atoms with Crippen molar-refractivity contribution in [3.63, 3.8) is 0 Å². The lowest BCUT2D eigenvalue weighted by atomic mass is 9.98. The van der Waals surface area contributed by atoms with Gasteiger partial charge in [0, 0.05) is 48.6 Å². The molecule has 1 aliphatic rings. The van der Waals surface area contributed by atoms with Gasteiger partial charge in [-0.3, -0.25) is 0 Å². The van der Waals surface area contributed by atoms with Crippen LogP contribution in [0.2, 0.25) is 0 Å². The van der Waals surface area contributed by atoms with E-state index in [0.717, 1.165) is 31.2 Å². The van der Waals surface area contributed by atoms with Crippen LogP contribution in [-0.4, -0.2) is 71.6 Å². The Balaban J connectivity index is 1.50. The minimum Gasteiger partial charge on any atom is -0.497 e. The molecule has 0 radical (unpaired) electrons. The summed E-state index contributed by atoms with van der Waals surface area (Å²) in [7, 11) is 4.61. The number of hydrogen-bond acceptors (Lipinski definition) is 9. The molecule has 1 N–H and O–H groups in total. The summed E-state index contributed by atoms with van der Waals surface area (Å²) in [5.41, 5.74) is 1.84. The zero-order valence-electron chi connectivity index (χ0n) is 23.8. The van der Waals surface area contributed by atoms with Crippen LogP contribution in [0.25, 0.3) is 16.6 Å². The van der Waals surface area contributed by atoms with Gasteiger partial charge in [-0.15, -0.1) is 5.10 Å². The van der Waals surface area contributed by atoms with Crippen molar-refractivity contribution >= 4 is 28.6 Å². The molecule has 5 rings (SSSR count). The summed E-state index contributed by atoms with van der Waals surface area (Å²) in [5.74, 6) is 1.79. The summed E-state index contributed by atoms with van der Waals surface area (Å²) in [6.07, 6.45) is 3.09. The van der Waals surface area contributed by atoms with E-state index in [-0.39, 0.29) is 17.8 Å². The van der Waals surface area contributed by atoms with Gasteiger partial charge in [-0.2, -0.15) is 4.52 Å². The lowest BCUT2D eigenvalue weighted by molar-refractivity contribution is 0.0898. The Morgan fingerprint density at radius 1 is 1.10 bits per heavy atom. The number of ether oxygens (including phenoxy) is 4. The first-order valence-corrected chi connectivity index (χ1v) is 13.8. The van der Waals surface area contributed by atoms with Crippen LogP contribution < -0.4 is 19.5 Å². The highest BCUT2D eigenvalue weighted by Gasteiger charge is 2.29. The number of likely N-dealkylation sites (tertiary alicyclic amines) is 1. The van der Waals surface area contributed by atoms with E-state index < -0.39 is 5.82 Å². The number of methoxy groups -OCH3 is 3. The Bertz CT molecular complexity index is 1540. The third-order valence-electron chi connectivity index (χ3n) is 7.26. The van der Waals surface area contributed by atoms with Crippen LogP contribution in [0.4, 0.5) is 15.1 Å². The van der Waals surface area contributed by atoms with Crippen LogP contribution in [0.1, 0.15) is 49.9 Å². The number of aromatic nitrogens is 4. The summed E-state index contributed by atoms with van der Waals surface area (Å²) in [6, 6.07) is 8.48. The number of carbonyl (C=O) groups excluding carboxylic acids is 1. The van der Waals surface area contributed by atoms with Crippen molar-refractivity contribution in [3.8, 4) is 17.2 Å². The molecule has 12 heteroatoms. The number of carbonyl (C=O) groups is 1. The molecule has 4 aromatic rings. The fourth-order valence-electron chi connectivity index (χ4n) is 4.99. The summed E-state index contributed by atoms with van der Waals surface area (Å²) in [4.78, 5) is 23.9. The molecule has 0 saturated carbocycles. The monoisotopic (exact) mass is 566 g/mol. The van der Waals surface area contributed by atoms with E-state index in [0.29, 0.717) is 66.1 Å². The minimum atomic E-state index is -0.518. The third kappa shape index (κ3) is 5.91. The first-order chi connectivity index (χ1) is 19.9. The molecule has 11 nitrogen and oxygen atoms in total. The van der Waals surface area contributed by atoms with Crippen molar-refractivity contribution in [2.75, 3.05) is 46.3 Å². The second-order valence-corrected chi connectivity index (χ2v) is 9.93. The highest BCUT2D eigenvalue weighted by Crippen LogP contribution is 2.31. The molecule has 1 saturated heterocycles. The number of nitrogens with one attached hydrogen (secondary N) is 1. The maximum Gasteiger partial charge on any atom is 0.409 e. The molecule has 0 bridgehead atoms. The standard InChI is InChI=1S/C29H35FN6O5/c1-5-6-12-41-29(37)35-11-7-8-19(17-35)26-33-27-21-14-22(30)25(40-4)15-23(21)32-28(36(27)34-26)31-16-18-9-10-20(38-2)13-24(18)39-3/h9-10,13-15,19H,5-8,11-12,16-17H2,1-4H3,(H,31,32). The number of halogens is 1. The average Bonchev–Trinajstić information content (AvgIpc) is 3.46. The van der Waals surface area contributed by atoms with Crippen LogP contribution in [0.3, 0.4) is 0 Å². The molecule has 1 aliphatic heterocycles. The molecule has 2 aromatic heterocycles. The molecule has 0 spiro atoms. The van der Waals surface area contributed by atoms with Gasteiger partial charge in [-0.05, 0) is 37.5 Å². The van der Waals surface area contributed by atoms with Gasteiger partial charge in [-0.25, -0.2) is 19.2 Å². The van der Waals surface area contributed by atoms with Crippen LogP contribution in [-0.2, 0) is 11.3 Å². The van der Waals surface area contributed by atoms with Crippen molar-refractivity contribution in [2.24, 2.45) is 0 Å². The van der Waals surface area contributed by atoms with Gasteiger partial charge in [0.25, 0.3) is 0 Å². The number of rotatable bonds is 10. The molecule has 0 aliphatic carbocycles. The molecule has 1 atom stereocenters. The predicted octanol–water partition coefficient (Wildman–Crippen LogP) is 5.17. The van der Waals surface area contributed by atoms with E-state index >= 15 is 0 Å². The van der Waals surface area contributed by atoms with Gasteiger partial charge in [0.1, 0.15) is 11.5 Å². The summed E-state index contributed by atoms with van der Waals surface area (Å²) in [6.45, 7) is 3.90. The van der Waals surface area contributed by atoms with E-state index in [1.807, 2.05) is 18.2 Å². The zero-order chi connectivity index (χ0) is 28.9. The predicted molar refractivity (Wildman–Crippen MR) is 151 cm³/mol. The topological polar surface area (TPSA) is 112 Å². The summed E-state index contributed by atoms with van der Waals surface area (Å²) in [5, 5.41) is 8.65. The molecule has 2 aromatic carbocycles. The van der Waals surface area contributed by atoms with Gasteiger partial charge in [-0.1, -0.05) is 13.3 Å². The molecule has 1 fully saturated rings. The highest BCUT2D eigenvalue weighted by molar-refractivity contribution is 5.93. The fourth-order valence-corrected chi connectivity index (χ4v) is 4.99. The highest BCUT2D eigenvalue weighted by atomic mass is 19.1. The van der Waals surface area contributed by atoms with Crippen LogP contribution in [0, 0.1) is 5.82 Å². The van der Waals surface area contributed by atoms with E-state index in [1.54, 1.807) is 29.7 Å². The quantitative estimate of drug-likeness (QED) is 0.260. The van der Waals surface area contributed by atoms with E-state index in [4.69, 9.17) is 34.0 Å². The van der Waals surface area contributed by atoms with Crippen LogP contribution in [0.5, 0.6) is 17.2 Å². The molecule has 1 amide bonds. The SMILES string of the molecule is CCCCOC(=O)N1CCCC(c2nc3c4cc(F)c(OC)cc4nc(NCc4ccc(OC)cc4OC)n3n2)C1. The fraction of sp³-hybridized carbons (Fsp3) is 0.448. The van der Waals surface area contributed by atoms with E-state index in [9.17, 15) is 9.18 Å². The van der Waals surface area contributed by atoms with Crippen LogP contribution in [0.15, 0.2) is 30.3 Å². The average molecular weight is 567 g/mol. The number of unbranched alkanes of at least 4 members (excludes halogenated alkanes) is 1. The van der Waals surface area contributed by atoms with Crippen molar-refractivity contribution in [1.29, 1.82) is 0 Å². The second kappa shape index (κ2) is 12.4. The normalized spacial score (nSPS) is 15.2. The number of amides is 1. The van der Waals surface area contributed by atoms with Gasteiger partial charge < -0.3 is 29.2 Å². The molecule has 1 unspecified atom stereocenters. The summed E-state index contributed by atoms with van der Waals surface area (Å²) < 4.78 is 37.9. The van der Waals surface area contributed by atoms with Gasteiger partial charge in [0.05, 0.1) is 33.5 Å². The number of piperidine rings is 1. The largest absolute Gasteiger partial charge is 0.497 e. The number of fused-ring (bicyclic) bond motifs is 3. The van der Waals surface area contributed by atoms with Gasteiger partial charge in [0.15, 0.2) is 23.0 Å². The molecular weight excluding hydrogens is 531 g/mol. The zero-order valence-corrected chi connectivity index (χ0v) is 23.8. The molecule has 218 valence electrons. The Labute approximate surface area is 237 Å². The number of benzene rings is 2. The smallest absolute Gasteiger partial charge is 0.409 e. The second-order valence-electron chi connectivity index (χ2n) is 9.93. The number of hydrogen-bond donors (Lipinski definition) is 1. The molecular formula is C29H35FN6O5. The lowest BCUT2D eigenvalue weighted by Gasteiger charge is -2.30. The Hall–Kier alpha value is -4.35. The maximum atomic E-state index is 14.8. The van der Waals surface area contributed by atoms with Crippen molar-refractivity contribution < 1.29 is 28.1 Å². The number of nitrogens with zero attached hydrogens (tertiary/aromatic N) is 5. The van der Waals surface area contributed by atoms with Gasteiger partial charge in [0.2, 0.25) is 5.95 Å². The first kappa shape index (κ1) is 28.2. The van der Waals surface area contributed by atoms with E-state index in [2.05, 4.69) is 12.2 Å². The summed E-state index contributed by atoms with van der Waals surface area (Å²) >= 11 is 0. The molecule has 3 heterocycles. The third-order valence-corrected chi connectivity index (χ3v) is 7.26. The minimum absolute atomic E-state index is 0.0846. The van der Waals surface area contributed by atoms with Crippen molar-refractivity contribution in [2.45, 2.75) is 45.1 Å².